The van der Waals surface area contributed by atoms with Gasteiger partial charge in [0.1, 0.15) is 0 Å². The maximum Gasteiger partial charge on any atom is 0.160 e. The van der Waals surface area contributed by atoms with Crippen molar-refractivity contribution in [3.8, 4) is 73.0 Å². The molecule has 2 aromatic heterocycles. The van der Waals surface area contributed by atoms with Gasteiger partial charge in [-0.2, -0.15) is 0 Å². The predicted octanol–water partition coefficient (Wildman–Crippen LogP) is 14.6. The lowest BCUT2D eigenvalue weighted by Gasteiger charge is -2.39. The first-order valence-corrected chi connectivity index (χ1v) is 21.3. The SMILES string of the molecule is c1ccc(-c2cc(-c3cccc4c3-c3cc(-c5ccccc5-c5ccccc5)ccc3C43c4ccccc4-n4c5ccccc5c5cccc3c54)nc(-c3ccccc3)n2)cc1. The summed E-state index contributed by atoms with van der Waals surface area (Å²) in [5.74, 6) is 0.704. The molecule has 9 aromatic carbocycles. The molecule has 1 atom stereocenters. The van der Waals surface area contributed by atoms with Gasteiger partial charge >= 0.3 is 0 Å². The van der Waals surface area contributed by atoms with Gasteiger partial charge in [0, 0.05) is 27.5 Å². The molecule has 3 nitrogen and oxygen atoms in total. The number of aromatic nitrogens is 3. The van der Waals surface area contributed by atoms with Gasteiger partial charge in [-0.15, -0.1) is 0 Å². The zero-order valence-electron chi connectivity index (χ0n) is 33.7. The molecule has 1 aliphatic heterocycles. The van der Waals surface area contributed by atoms with Gasteiger partial charge in [-0.1, -0.05) is 200 Å². The van der Waals surface area contributed by atoms with Gasteiger partial charge in [-0.25, -0.2) is 9.97 Å². The fourth-order valence-electron chi connectivity index (χ4n) is 10.7. The van der Waals surface area contributed by atoms with E-state index in [0.717, 1.165) is 28.1 Å². The highest BCUT2D eigenvalue weighted by Crippen LogP contribution is 2.63. The molecule has 0 N–H and O–H groups in total. The van der Waals surface area contributed by atoms with Crippen LogP contribution in [-0.4, -0.2) is 14.5 Å². The van der Waals surface area contributed by atoms with Crippen molar-refractivity contribution in [1.82, 2.24) is 14.5 Å². The van der Waals surface area contributed by atoms with Crippen LogP contribution in [0.15, 0.2) is 224 Å². The number of nitrogens with zero attached hydrogens (tertiary/aromatic N) is 3. The van der Waals surface area contributed by atoms with Gasteiger partial charge in [-0.05, 0) is 79.9 Å². The normalized spacial score (nSPS) is 14.5. The summed E-state index contributed by atoms with van der Waals surface area (Å²) in [6.45, 7) is 0. The molecule has 3 heterocycles. The Kier molecular flexibility index (Phi) is 7.52. The minimum atomic E-state index is -0.615. The van der Waals surface area contributed by atoms with Gasteiger partial charge in [-0.3, -0.25) is 0 Å². The summed E-state index contributed by atoms with van der Waals surface area (Å²) in [5.41, 5.74) is 20.3. The third kappa shape index (κ3) is 4.88. The second kappa shape index (κ2) is 13.4. The molecule has 0 amide bonds. The van der Waals surface area contributed by atoms with Crippen molar-refractivity contribution in [3.63, 3.8) is 0 Å². The molecule has 3 heteroatoms. The van der Waals surface area contributed by atoms with Crippen molar-refractivity contribution < 1.29 is 0 Å². The molecule has 1 unspecified atom stereocenters. The Hall–Kier alpha value is -8.14. The monoisotopic (exact) mass is 787 g/mol. The number of para-hydroxylation sites is 3. The lowest BCUT2D eigenvalue weighted by atomic mass is 9.65. The molecular formula is C59H37N3. The Balaban J connectivity index is 1.16. The van der Waals surface area contributed by atoms with E-state index in [-0.39, 0.29) is 0 Å². The Morgan fingerprint density at radius 1 is 0.339 bits per heavy atom. The molecule has 0 saturated heterocycles. The van der Waals surface area contributed by atoms with Crippen LogP contribution in [0.4, 0.5) is 0 Å². The fourth-order valence-corrected chi connectivity index (χ4v) is 10.7. The minimum Gasteiger partial charge on any atom is -0.309 e. The summed E-state index contributed by atoms with van der Waals surface area (Å²) in [5, 5.41) is 2.53. The van der Waals surface area contributed by atoms with Crippen LogP contribution in [-0.2, 0) is 5.41 Å². The van der Waals surface area contributed by atoms with E-state index in [0.29, 0.717) is 5.82 Å². The molecular weight excluding hydrogens is 751 g/mol. The van der Waals surface area contributed by atoms with Crippen molar-refractivity contribution in [2.24, 2.45) is 0 Å². The van der Waals surface area contributed by atoms with Crippen LogP contribution in [0.2, 0.25) is 0 Å². The van der Waals surface area contributed by atoms with Crippen molar-refractivity contribution in [2.45, 2.75) is 5.41 Å². The van der Waals surface area contributed by atoms with E-state index in [9.17, 15) is 0 Å². The minimum absolute atomic E-state index is 0.615. The maximum atomic E-state index is 5.45. The second-order valence-corrected chi connectivity index (χ2v) is 16.4. The molecule has 288 valence electrons. The van der Waals surface area contributed by atoms with Gasteiger partial charge in [0.2, 0.25) is 0 Å². The van der Waals surface area contributed by atoms with Crippen molar-refractivity contribution in [2.75, 3.05) is 0 Å². The van der Waals surface area contributed by atoms with E-state index in [1.54, 1.807) is 0 Å². The summed E-state index contributed by atoms with van der Waals surface area (Å²) in [7, 11) is 0. The van der Waals surface area contributed by atoms with E-state index >= 15 is 0 Å². The largest absolute Gasteiger partial charge is 0.309 e. The maximum absolute atomic E-state index is 5.45. The summed E-state index contributed by atoms with van der Waals surface area (Å²) < 4.78 is 2.51. The molecule has 0 fully saturated rings. The molecule has 2 aliphatic rings. The number of hydrogen-bond acceptors (Lipinski definition) is 2. The van der Waals surface area contributed by atoms with Gasteiger partial charge < -0.3 is 4.57 Å². The first-order chi connectivity index (χ1) is 30.8. The summed E-state index contributed by atoms with van der Waals surface area (Å²) >= 11 is 0. The highest BCUT2D eigenvalue weighted by Gasteiger charge is 2.51. The molecule has 13 rings (SSSR count). The van der Waals surface area contributed by atoms with Gasteiger partial charge in [0.25, 0.3) is 0 Å². The Bertz CT molecular complexity index is 3510. The van der Waals surface area contributed by atoms with Crippen LogP contribution < -0.4 is 0 Å². The van der Waals surface area contributed by atoms with Crippen LogP contribution in [0.3, 0.4) is 0 Å². The first kappa shape index (κ1) is 34.7. The average molecular weight is 788 g/mol. The summed E-state index contributed by atoms with van der Waals surface area (Å²) in [6, 6.07) is 81.6. The highest BCUT2D eigenvalue weighted by molar-refractivity contribution is 6.13. The van der Waals surface area contributed by atoms with Crippen LogP contribution in [0, 0.1) is 0 Å². The number of benzene rings is 9. The fraction of sp³-hybridized carbons (Fsp3) is 0.0169. The number of rotatable bonds is 5. The van der Waals surface area contributed by atoms with E-state index in [2.05, 4.69) is 223 Å². The quantitative estimate of drug-likeness (QED) is 0.174. The van der Waals surface area contributed by atoms with E-state index in [4.69, 9.17) is 9.97 Å². The van der Waals surface area contributed by atoms with Crippen molar-refractivity contribution in [3.05, 3.63) is 247 Å². The number of fused-ring (bicyclic) bond motifs is 12. The third-order valence-corrected chi connectivity index (χ3v) is 13.2. The van der Waals surface area contributed by atoms with Crippen LogP contribution in [0.25, 0.3) is 94.8 Å². The molecule has 0 saturated carbocycles. The van der Waals surface area contributed by atoms with Gasteiger partial charge in [0.15, 0.2) is 5.82 Å². The molecule has 1 spiro atoms. The molecule has 0 bridgehead atoms. The Morgan fingerprint density at radius 2 is 0.919 bits per heavy atom. The van der Waals surface area contributed by atoms with E-state index < -0.39 is 5.41 Å². The standard InChI is InChI=1S/C59H37N3/c1-4-18-38(19-5-1)42-24-10-11-25-43(42)41-34-35-48-47(36-41)56-46(53-37-52(39-20-6-2-7-21-39)60-58(61-53)40-22-8-3-9-23-40)28-17-30-50(56)59(48)49-29-13-15-33-55(49)62-54-32-14-12-26-44(54)45-27-16-31-51(59)57(45)62/h1-37H. The van der Waals surface area contributed by atoms with E-state index in [1.807, 2.05) is 6.07 Å². The number of hydrogen-bond donors (Lipinski definition) is 0. The van der Waals surface area contributed by atoms with E-state index in [1.165, 1.54) is 83.1 Å². The second-order valence-electron chi connectivity index (χ2n) is 16.4. The summed E-state index contributed by atoms with van der Waals surface area (Å²) in [4.78, 5) is 10.7. The lowest BCUT2D eigenvalue weighted by Crippen LogP contribution is -2.33. The summed E-state index contributed by atoms with van der Waals surface area (Å²) in [6.07, 6.45) is 0. The zero-order chi connectivity index (χ0) is 40.8. The molecule has 11 aromatic rings. The third-order valence-electron chi connectivity index (χ3n) is 13.2. The Morgan fingerprint density at radius 3 is 1.73 bits per heavy atom. The molecule has 0 radical (unpaired) electrons. The van der Waals surface area contributed by atoms with Crippen LogP contribution in [0.1, 0.15) is 22.3 Å². The van der Waals surface area contributed by atoms with Crippen molar-refractivity contribution in [1.29, 1.82) is 0 Å². The predicted molar refractivity (Wildman–Crippen MR) is 254 cm³/mol. The van der Waals surface area contributed by atoms with Crippen molar-refractivity contribution >= 4 is 21.8 Å². The lowest BCUT2D eigenvalue weighted by molar-refractivity contribution is 0.748. The van der Waals surface area contributed by atoms with Crippen LogP contribution in [0.5, 0.6) is 0 Å². The Labute approximate surface area is 359 Å². The zero-order valence-corrected chi connectivity index (χ0v) is 33.7. The smallest absolute Gasteiger partial charge is 0.160 e. The first-order valence-electron chi connectivity index (χ1n) is 21.3. The molecule has 62 heavy (non-hydrogen) atoms. The highest BCUT2D eigenvalue weighted by atomic mass is 15.0. The topological polar surface area (TPSA) is 30.7 Å². The van der Waals surface area contributed by atoms with Gasteiger partial charge in [0.05, 0.1) is 33.5 Å². The molecule has 1 aliphatic carbocycles. The average Bonchev–Trinajstić information content (AvgIpc) is 3.85. The van der Waals surface area contributed by atoms with Crippen LogP contribution >= 0.6 is 0 Å².